The van der Waals surface area contributed by atoms with E-state index in [1.807, 2.05) is 27.7 Å². The predicted octanol–water partition coefficient (Wildman–Crippen LogP) is 2.32. The molecule has 2 rings (SSSR count). The number of hydrogen-bond acceptors (Lipinski definition) is 5. The lowest BCUT2D eigenvalue weighted by molar-refractivity contribution is -0.122. The van der Waals surface area contributed by atoms with Gasteiger partial charge in [-0.25, -0.2) is 0 Å². The molecule has 2 heterocycles. The van der Waals surface area contributed by atoms with Crippen LogP contribution in [-0.2, 0) is 10.2 Å². The molecule has 6 nitrogen and oxygen atoms in total. The SMILES string of the molecule is CC(NC(=O)CCC1CCNCC1)c1nc(C(C)(C)C)no1. The summed E-state index contributed by atoms with van der Waals surface area (Å²) in [6.45, 7) is 10.1. The van der Waals surface area contributed by atoms with Crippen molar-refractivity contribution in [1.29, 1.82) is 0 Å². The van der Waals surface area contributed by atoms with Crippen LogP contribution < -0.4 is 10.6 Å². The maximum absolute atomic E-state index is 12.1. The van der Waals surface area contributed by atoms with E-state index in [0.717, 1.165) is 19.5 Å². The van der Waals surface area contributed by atoms with E-state index in [1.165, 1.54) is 12.8 Å². The molecule has 0 aromatic carbocycles. The number of hydrogen-bond donors (Lipinski definition) is 2. The van der Waals surface area contributed by atoms with Gasteiger partial charge in [-0.3, -0.25) is 4.79 Å². The first-order valence-corrected chi connectivity index (χ1v) is 8.20. The van der Waals surface area contributed by atoms with Gasteiger partial charge in [0.1, 0.15) is 6.04 Å². The van der Waals surface area contributed by atoms with Gasteiger partial charge in [-0.15, -0.1) is 0 Å². The maximum Gasteiger partial charge on any atom is 0.248 e. The molecule has 6 heteroatoms. The van der Waals surface area contributed by atoms with Crippen molar-refractivity contribution < 1.29 is 9.32 Å². The van der Waals surface area contributed by atoms with E-state index in [0.29, 0.717) is 24.1 Å². The summed E-state index contributed by atoms with van der Waals surface area (Å²) in [7, 11) is 0. The highest BCUT2D eigenvalue weighted by molar-refractivity contribution is 5.76. The van der Waals surface area contributed by atoms with Gasteiger partial charge in [-0.05, 0) is 45.2 Å². The second-order valence-electron chi connectivity index (χ2n) is 7.23. The topological polar surface area (TPSA) is 80.0 Å². The molecule has 0 spiro atoms. The second kappa shape index (κ2) is 7.22. The Kier molecular flexibility index (Phi) is 5.56. The number of carbonyl (C=O) groups excluding carboxylic acids is 1. The van der Waals surface area contributed by atoms with E-state index >= 15 is 0 Å². The average Bonchev–Trinajstić information content (AvgIpc) is 2.96. The highest BCUT2D eigenvalue weighted by Crippen LogP contribution is 2.21. The number of aromatic nitrogens is 2. The third kappa shape index (κ3) is 4.80. The van der Waals surface area contributed by atoms with E-state index in [1.54, 1.807) is 0 Å². The minimum absolute atomic E-state index is 0.0570. The Morgan fingerprint density at radius 2 is 2.09 bits per heavy atom. The monoisotopic (exact) mass is 308 g/mol. The largest absolute Gasteiger partial charge is 0.345 e. The first kappa shape index (κ1) is 16.9. The zero-order valence-corrected chi connectivity index (χ0v) is 14.1. The summed E-state index contributed by atoms with van der Waals surface area (Å²) in [5.74, 6) is 1.86. The standard InChI is InChI=1S/C16H28N4O2/c1-11(14-19-15(20-22-14)16(2,3)4)18-13(21)6-5-12-7-9-17-10-8-12/h11-12,17H,5-10H2,1-4H3,(H,18,21). The van der Waals surface area contributed by atoms with Crippen LogP contribution in [0.3, 0.4) is 0 Å². The minimum Gasteiger partial charge on any atom is -0.345 e. The average molecular weight is 308 g/mol. The molecule has 0 radical (unpaired) electrons. The molecule has 1 fully saturated rings. The molecule has 1 aliphatic rings. The highest BCUT2D eigenvalue weighted by Gasteiger charge is 2.24. The van der Waals surface area contributed by atoms with Gasteiger partial charge in [-0.2, -0.15) is 4.98 Å². The zero-order chi connectivity index (χ0) is 16.2. The van der Waals surface area contributed by atoms with Crippen molar-refractivity contribution in [3.63, 3.8) is 0 Å². The van der Waals surface area contributed by atoms with Crippen LogP contribution in [0.25, 0.3) is 0 Å². The Balaban J connectivity index is 1.79. The van der Waals surface area contributed by atoms with Crippen molar-refractivity contribution in [3.8, 4) is 0 Å². The molecule has 1 aromatic rings. The number of nitrogens with one attached hydrogen (secondary N) is 2. The molecule has 1 saturated heterocycles. The zero-order valence-electron chi connectivity index (χ0n) is 14.1. The van der Waals surface area contributed by atoms with Crippen LogP contribution in [-0.4, -0.2) is 29.1 Å². The molecule has 0 saturated carbocycles. The lowest BCUT2D eigenvalue weighted by Gasteiger charge is -2.22. The van der Waals surface area contributed by atoms with Crippen molar-refractivity contribution in [2.24, 2.45) is 5.92 Å². The van der Waals surface area contributed by atoms with Gasteiger partial charge in [0.05, 0.1) is 0 Å². The maximum atomic E-state index is 12.1. The smallest absolute Gasteiger partial charge is 0.248 e. The predicted molar refractivity (Wildman–Crippen MR) is 84.4 cm³/mol. The normalized spacial score (nSPS) is 18.2. The van der Waals surface area contributed by atoms with Crippen molar-refractivity contribution in [1.82, 2.24) is 20.8 Å². The third-order valence-corrected chi connectivity index (χ3v) is 4.10. The van der Waals surface area contributed by atoms with E-state index in [4.69, 9.17) is 4.52 Å². The molecule has 1 atom stereocenters. The van der Waals surface area contributed by atoms with Gasteiger partial charge >= 0.3 is 0 Å². The fourth-order valence-corrected chi connectivity index (χ4v) is 2.60. The summed E-state index contributed by atoms with van der Waals surface area (Å²) < 4.78 is 5.26. The van der Waals surface area contributed by atoms with Crippen LogP contribution in [0.5, 0.6) is 0 Å². The van der Waals surface area contributed by atoms with E-state index in [2.05, 4.69) is 20.8 Å². The van der Waals surface area contributed by atoms with Crippen molar-refractivity contribution in [2.75, 3.05) is 13.1 Å². The number of carbonyl (C=O) groups is 1. The highest BCUT2D eigenvalue weighted by atomic mass is 16.5. The van der Waals surface area contributed by atoms with E-state index < -0.39 is 0 Å². The molecule has 1 aliphatic heterocycles. The Hall–Kier alpha value is -1.43. The molecule has 1 aromatic heterocycles. The molecule has 0 aliphatic carbocycles. The molecule has 22 heavy (non-hydrogen) atoms. The van der Waals surface area contributed by atoms with Gasteiger partial charge in [-0.1, -0.05) is 25.9 Å². The van der Waals surface area contributed by atoms with Crippen LogP contribution in [0.4, 0.5) is 0 Å². The fraction of sp³-hybridized carbons (Fsp3) is 0.812. The van der Waals surface area contributed by atoms with Gasteiger partial charge in [0.15, 0.2) is 5.82 Å². The Bertz CT molecular complexity index is 487. The van der Waals surface area contributed by atoms with Crippen molar-refractivity contribution >= 4 is 5.91 Å². The Labute approximate surface area is 132 Å². The summed E-state index contributed by atoms with van der Waals surface area (Å²) in [4.78, 5) is 16.4. The summed E-state index contributed by atoms with van der Waals surface area (Å²) in [6, 6.07) is -0.246. The third-order valence-electron chi connectivity index (χ3n) is 4.10. The number of amides is 1. The first-order valence-electron chi connectivity index (χ1n) is 8.20. The molecule has 1 amide bonds. The lowest BCUT2D eigenvalue weighted by atomic mass is 9.93. The summed E-state index contributed by atoms with van der Waals surface area (Å²) in [5, 5.41) is 10.3. The quantitative estimate of drug-likeness (QED) is 0.872. The number of piperidine rings is 1. The number of nitrogens with zero attached hydrogens (tertiary/aromatic N) is 2. The summed E-state index contributed by atoms with van der Waals surface area (Å²) in [5.41, 5.74) is -0.152. The molecular formula is C16H28N4O2. The molecular weight excluding hydrogens is 280 g/mol. The van der Waals surface area contributed by atoms with Crippen LogP contribution in [0.1, 0.15) is 71.1 Å². The Morgan fingerprint density at radius 3 is 2.68 bits per heavy atom. The molecule has 124 valence electrons. The van der Waals surface area contributed by atoms with E-state index in [-0.39, 0.29) is 17.4 Å². The summed E-state index contributed by atoms with van der Waals surface area (Å²) >= 11 is 0. The van der Waals surface area contributed by atoms with Crippen molar-refractivity contribution in [3.05, 3.63) is 11.7 Å². The van der Waals surface area contributed by atoms with Gasteiger partial charge in [0.2, 0.25) is 11.8 Å². The lowest BCUT2D eigenvalue weighted by Crippen LogP contribution is -2.30. The van der Waals surface area contributed by atoms with Crippen LogP contribution in [0.2, 0.25) is 0 Å². The van der Waals surface area contributed by atoms with Gasteiger partial charge < -0.3 is 15.2 Å². The number of rotatable bonds is 5. The van der Waals surface area contributed by atoms with Crippen molar-refractivity contribution in [2.45, 2.75) is 64.8 Å². The molecule has 0 bridgehead atoms. The van der Waals surface area contributed by atoms with E-state index in [9.17, 15) is 4.79 Å². The van der Waals surface area contributed by atoms with Crippen LogP contribution in [0.15, 0.2) is 4.52 Å². The van der Waals surface area contributed by atoms with Gasteiger partial charge in [0.25, 0.3) is 0 Å². The first-order chi connectivity index (χ1) is 10.4. The minimum atomic E-state index is -0.246. The fourth-order valence-electron chi connectivity index (χ4n) is 2.60. The van der Waals surface area contributed by atoms with Crippen LogP contribution >= 0.6 is 0 Å². The summed E-state index contributed by atoms with van der Waals surface area (Å²) in [6.07, 6.45) is 3.86. The second-order valence-corrected chi connectivity index (χ2v) is 7.23. The van der Waals surface area contributed by atoms with Crippen LogP contribution in [0, 0.1) is 5.92 Å². The van der Waals surface area contributed by atoms with Gasteiger partial charge in [0, 0.05) is 11.8 Å². The Morgan fingerprint density at radius 1 is 1.41 bits per heavy atom. The molecule has 1 unspecified atom stereocenters. The molecule has 2 N–H and O–H groups in total.